The van der Waals surface area contributed by atoms with E-state index in [-0.39, 0.29) is 12.2 Å². The van der Waals surface area contributed by atoms with Crippen LogP contribution in [0, 0.1) is 0 Å². The summed E-state index contributed by atoms with van der Waals surface area (Å²) in [6.45, 7) is 1.81. The summed E-state index contributed by atoms with van der Waals surface area (Å²) in [5, 5.41) is 5.23. The van der Waals surface area contributed by atoms with Crippen molar-refractivity contribution in [3.8, 4) is 5.75 Å². The molecule has 5 heteroatoms. The maximum absolute atomic E-state index is 11.8. The smallest absolute Gasteiger partial charge is 0.410 e. The van der Waals surface area contributed by atoms with Crippen molar-refractivity contribution >= 4 is 16.9 Å². The molecule has 1 amide bonds. The Hall–Kier alpha value is -2.89. The van der Waals surface area contributed by atoms with Crippen LogP contribution in [-0.2, 0) is 9.47 Å². The minimum Gasteiger partial charge on any atom is -0.410 e. The van der Waals surface area contributed by atoms with E-state index in [2.05, 4.69) is 47.8 Å². The number of para-hydroxylation sites is 1. The average Bonchev–Trinajstić information content (AvgIpc) is 2.77. The first kappa shape index (κ1) is 19.4. The van der Waals surface area contributed by atoms with Gasteiger partial charge in [-0.3, -0.25) is 0 Å². The number of carbonyl (C=O) groups is 1. The van der Waals surface area contributed by atoms with Gasteiger partial charge in [0.05, 0.1) is 13.2 Å². The number of fused-ring (bicyclic) bond motifs is 1. The first-order chi connectivity index (χ1) is 14.3. The van der Waals surface area contributed by atoms with Gasteiger partial charge in [-0.05, 0) is 34.9 Å². The number of ether oxygens (including phenoxy) is 3. The van der Waals surface area contributed by atoms with Gasteiger partial charge in [0.2, 0.25) is 0 Å². The van der Waals surface area contributed by atoms with Crippen LogP contribution in [0.1, 0.15) is 24.3 Å². The molecule has 0 saturated carbocycles. The van der Waals surface area contributed by atoms with E-state index in [0.717, 1.165) is 12.8 Å². The van der Waals surface area contributed by atoms with Crippen LogP contribution in [-0.4, -0.2) is 32.1 Å². The van der Waals surface area contributed by atoms with Crippen molar-refractivity contribution in [3.05, 3.63) is 78.4 Å². The molecule has 29 heavy (non-hydrogen) atoms. The highest BCUT2D eigenvalue weighted by atomic mass is 16.7. The Balaban J connectivity index is 1.17. The zero-order valence-electron chi connectivity index (χ0n) is 16.3. The highest BCUT2D eigenvalue weighted by Crippen LogP contribution is 2.26. The van der Waals surface area contributed by atoms with E-state index in [0.29, 0.717) is 25.5 Å². The van der Waals surface area contributed by atoms with Crippen LogP contribution >= 0.6 is 0 Å². The van der Waals surface area contributed by atoms with Crippen molar-refractivity contribution in [2.24, 2.45) is 0 Å². The summed E-state index contributed by atoms with van der Waals surface area (Å²) in [4.78, 5) is 11.8. The summed E-state index contributed by atoms with van der Waals surface area (Å²) in [7, 11) is 0. The normalized spacial score (nSPS) is 19.0. The molecule has 1 aliphatic rings. The van der Waals surface area contributed by atoms with Crippen molar-refractivity contribution < 1.29 is 19.0 Å². The van der Waals surface area contributed by atoms with E-state index in [4.69, 9.17) is 14.2 Å². The number of nitrogens with one attached hydrogen (secondary N) is 1. The standard InChI is InChI=1S/C24H25NO4/c26-24(29-22-9-2-1-3-10-22)25-14-6-11-23-27-16-21(17-28-23)20-13-12-18-7-4-5-8-19(18)15-20/h1-5,7-10,12-13,15,21,23H,6,11,14,16-17H2,(H,25,26)/t21-,23-. The molecule has 1 heterocycles. The van der Waals surface area contributed by atoms with E-state index >= 15 is 0 Å². The van der Waals surface area contributed by atoms with Gasteiger partial charge in [-0.1, -0.05) is 60.7 Å². The predicted octanol–water partition coefficient (Wildman–Crippen LogP) is 4.87. The van der Waals surface area contributed by atoms with Gasteiger partial charge in [-0.25, -0.2) is 4.79 Å². The van der Waals surface area contributed by atoms with Gasteiger partial charge < -0.3 is 19.5 Å². The number of amides is 1. The first-order valence-electron chi connectivity index (χ1n) is 10.0. The van der Waals surface area contributed by atoms with Gasteiger partial charge in [0.15, 0.2) is 6.29 Å². The topological polar surface area (TPSA) is 56.8 Å². The molecule has 0 bridgehead atoms. The van der Waals surface area contributed by atoms with Crippen LogP contribution in [0.2, 0.25) is 0 Å². The molecular weight excluding hydrogens is 366 g/mol. The van der Waals surface area contributed by atoms with E-state index in [1.165, 1.54) is 16.3 Å². The molecule has 150 valence electrons. The minimum absolute atomic E-state index is 0.223. The molecule has 3 aromatic rings. The highest BCUT2D eigenvalue weighted by Gasteiger charge is 2.23. The summed E-state index contributed by atoms with van der Waals surface area (Å²) in [6.07, 6.45) is 0.822. The molecule has 0 atom stereocenters. The second-order valence-corrected chi connectivity index (χ2v) is 7.17. The fraction of sp³-hybridized carbons (Fsp3) is 0.292. The van der Waals surface area contributed by atoms with Crippen molar-refractivity contribution in [3.63, 3.8) is 0 Å². The Morgan fingerprint density at radius 3 is 2.45 bits per heavy atom. The van der Waals surface area contributed by atoms with Crippen LogP contribution in [0.25, 0.3) is 10.8 Å². The Morgan fingerprint density at radius 1 is 0.931 bits per heavy atom. The Labute approximate surface area is 170 Å². The summed E-state index contributed by atoms with van der Waals surface area (Å²) in [5.41, 5.74) is 1.24. The minimum atomic E-state index is -0.446. The fourth-order valence-electron chi connectivity index (χ4n) is 3.45. The van der Waals surface area contributed by atoms with E-state index in [1.54, 1.807) is 12.1 Å². The zero-order valence-corrected chi connectivity index (χ0v) is 16.3. The summed E-state index contributed by atoms with van der Waals surface area (Å²) >= 11 is 0. The number of benzene rings is 3. The largest absolute Gasteiger partial charge is 0.412 e. The SMILES string of the molecule is O=C(NCCC[C@H]1OC[C@H](c2ccc3ccccc3c2)CO1)Oc1ccccc1. The van der Waals surface area contributed by atoms with E-state index in [9.17, 15) is 4.79 Å². The molecule has 3 aromatic carbocycles. The Bertz CT molecular complexity index is 936. The van der Waals surface area contributed by atoms with Crippen molar-refractivity contribution in [2.75, 3.05) is 19.8 Å². The van der Waals surface area contributed by atoms with Crippen molar-refractivity contribution in [2.45, 2.75) is 25.0 Å². The lowest BCUT2D eigenvalue weighted by molar-refractivity contribution is -0.189. The molecule has 0 radical (unpaired) electrons. The van der Waals surface area contributed by atoms with E-state index in [1.807, 2.05) is 18.2 Å². The molecule has 0 aromatic heterocycles. The molecular formula is C24H25NO4. The number of hydrogen-bond acceptors (Lipinski definition) is 4. The third kappa shape index (κ3) is 5.34. The summed E-state index contributed by atoms with van der Waals surface area (Å²) in [5.74, 6) is 0.776. The molecule has 4 rings (SSSR count). The van der Waals surface area contributed by atoms with Gasteiger partial charge in [0.25, 0.3) is 0 Å². The zero-order chi connectivity index (χ0) is 19.9. The van der Waals surface area contributed by atoms with Gasteiger partial charge in [-0.2, -0.15) is 0 Å². The number of carbonyl (C=O) groups excluding carboxylic acids is 1. The molecule has 1 saturated heterocycles. The predicted molar refractivity (Wildman–Crippen MR) is 112 cm³/mol. The molecule has 0 spiro atoms. The summed E-state index contributed by atoms with van der Waals surface area (Å²) in [6, 6.07) is 23.9. The monoisotopic (exact) mass is 391 g/mol. The average molecular weight is 391 g/mol. The highest BCUT2D eigenvalue weighted by molar-refractivity contribution is 5.83. The van der Waals surface area contributed by atoms with Gasteiger partial charge in [0.1, 0.15) is 5.75 Å². The molecule has 1 fully saturated rings. The maximum Gasteiger partial charge on any atom is 0.412 e. The Morgan fingerprint density at radius 2 is 1.66 bits per heavy atom. The van der Waals surface area contributed by atoms with Crippen LogP contribution in [0.5, 0.6) is 5.75 Å². The van der Waals surface area contributed by atoms with Gasteiger partial charge in [0, 0.05) is 18.9 Å². The van der Waals surface area contributed by atoms with Crippen LogP contribution in [0.15, 0.2) is 72.8 Å². The van der Waals surface area contributed by atoms with Crippen LogP contribution in [0.4, 0.5) is 4.79 Å². The lowest BCUT2D eigenvalue weighted by Gasteiger charge is -2.30. The van der Waals surface area contributed by atoms with Crippen molar-refractivity contribution in [1.29, 1.82) is 0 Å². The molecule has 0 unspecified atom stereocenters. The molecule has 5 nitrogen and oxygen atoms in total. The fourth-order valence-corrected chi connectivity index (χ4v) is 3.45. The molecule has 1 aliphatic heterocycles. The Kier molecular flexibility index (Phi) is 6.39. The lowest BCUT2D eigenvalue weighted by Crippen LogP contribution is -2.32. The summed E-state index contributed by atoms with van der Waals surface area (Å²) < 4.78 is 17.0. The third-order valence-corrected chi connectivity index (χ3v) is 5.05. The quantitative estimate of drug-likeness (QED) is 0.610. The third-order valence-electron chi connectivity index (χ3n) is 5.05. The van der Waals surface area contributed by atoms with Crippen LogP contribution in [0.3, 0.4) is 0 Å². The number of rotatable bonds is 6. The van der Waals surface area contributed by atoms with E-state index < -0.39 is 6.09 Å². The second kappa shape index (κ2) is 9.54. The first-order valence-corrected chi connectivity index (χ1v) is 10.0. The van der Waals surface area contributed by atoms with Crippen LogP contribution < -0.4 is 10.1 Å². The van der Waals surface area contributed by atoms with Gasteiger partial charge >= 0.3 is 6.09 Å². The lowest BCUT2D eigenvalue weighted by atomic mass is 9.97. The van der Waals surface area contributed by atoms with Crippen molar-refractivity contribution in [1.82, 2.24) is 5.32 Å². The molecule has 1 N–H and O–H groups in total. The molecule has 0 aliphatic carbocycles. The number of hydrogen-bond donors (Lipinski definition) is 1. The maximum atomic E-state index is 11.8. The van der Waals surface area contributed by atoms with Gasteiger partial charge in [-0.15, -0.1) is 0 Å². The second-order valence-electron chi connectivity index (χ2n) is 7.17.